The van der Waals surface area contributed by atoms with Crippen LogP contribution in [0.1, 0.15) is 29.2 Å². The Morgan fingerprint density at radius 1 is 0.645 bits per heavy atom. The maximum Gasteiger partial charge on any atom is 0.442 e. The van der Waals surface area contributed by atoms with Crippen molar-refractivity contribution in [2.75, 3.05) is 6.54 Å². The van der Waals surface area contributed by atoms with Crippen LogP contribution in [0, 0.1) is 0 Å². The van der Waals surface area contributed by atoms with Crippen LogP contribution in [0.15, 0.2) is 69.0 Å². The Labute approximate surface area is 173 Å². The Kier molecular flexibility index (Phi) is 4.91. The Balaban J connectivity index is 1.40. The van der Waals surface area contributed by atoms with Gasteiger partial charge in [0.1, 0.15) is 0 Å². The van der Waals surface area contributed by atoms with Crippen molar-refractivity contribution in [3.8, 4) is 0 Å². The molecule has 0 atom stereocenters. The fourth-order valence-corrected chi connectivity index (χ4v) is 3.37. The summed E-state index contributed by atoms with van der Waals surface area (Å²) >= 11 is 0. The van der Waals surface area contributed by atoms with Crippen molar-refractivity contribution < 1.29 is 26.3 Å². The molecule has 0 N–H and O–H groups in total. The highest BCUT2D eigenvalue weighted by molar-refractivity contribution is 5.34. The molecule has 0 fully saturated rings. The Morgan fingerprint density at radius 3 is 1.19 bits per heavy atom. The van der Waals surface area contributed by atoms with Crippen molar-refractivity contribution in [1.82, 2.24) is 4.90 Å². The summed E-state index contributed by atoms with van der Waals surface area (Å²) in [7, 11) is 0. The molecule has 0 aliphatic carbocycles. The molecule has 0 aromatic heterocycles. The monoisotopic (exact) mass is 441 g/mol. The molecule has 0 radical (unpaired) electrons. The van der Waals surface area contributed by atoms with E-state index in [-0.39, 0.29) is 11.1 Å². The Morgan fingerprint density at radius 2 is 0.968 bits per heavy atom. The zero-order valence-corrected chi connectivity index (χ0v) is 16.2. The second-order valence-corrected chi connectivity index (χ2v) is 7.44. The van der Waals surface area contributed by atoms with Crippen LogP contribution in [0.5, 0.6) is 0 Å². The first-order valence-corrected chi connectivity index (χ1v) is 9.43. The minimum absolute atomic E-state index is 0.0307. The van der Waals surface area contributed by atoms with Crippen molar-refractivity contribution in [2.45, 2.75) is 43.7 Å². The van der Waals surface area contributed by atoms with E-state index in [1.54, 1.807) is 24.3 Å². The molecule has 2 heterocycles. The largest absolute Gasteiger partial charge is 0.442 e. The molecule has 0 spiro atoms. The van der Waals surface area contributed by atoms with Gasteiger partial charge in [0.2, 0.25) is 0 Å². The summed E-state index contributed by atoms with van der Waals surface area (Å²) in [6.07, 6.45) is -9.14. The maximum atomic E-state index is 13.1. The van der Waals surface area contributed by atoms with Crippen LogP contribution < -0.4 is 0 Å². The van der Waals surface area contributed by atoms with Crippen molar-refractivity contribution in [2.24, 2.45) is 20.5 Å². The number of alkyl halides is 6. The predicted molar refractivity (Wildman–Crippen MR) is 97.9 cm³/mol. The molecular weight excluding hydrogens is 424 g/mol. The van der Waals surface area contributed by atoms with Gasteiger partial charge in [0.05, 0.1) is 0 Å². The van der Waals surface area contributed by atoms with E-state index in [2.05, 4.69) is 20.5 Å². The number of nitrogens with zero attached hydrogens (tertiary/aromatic N) is 5. The summed E-state index contributed by atoms with van der Waals surface area (Å²) in [5, 5.41) is 12.8. The number of benzene rings is 2. The number of rotatable bonds is 7. The molecule has 2 aliphatic heterocycles. The second-order valence-electron chi connectivity index (χ2n) is 7.44. The van der Waals surface area contributed by atoms with Crippen LogP contribution in [0.2, 0.25) is 0 Å². The summed E-state index contributed by atoms with van der Waals surface area (Å²) in [6, 6.07) is 11.9. The van der Waals surface area contributed by atoms with E-state index in [1.807, 2.05) is 11.8 Å². The molecule has 2 aromatic carbocycles. The van der Waals surface area contributed by atoms with E-state index in [1.165, 1.54) is 24.3 Å². The van der Waals surface area contributed by atoms with Crippen LogP contribution in [0.3, 0.4) is 0 Å². The minimum atomic E-state index is -4.57. The van der Waals surface area contributed by atoms with Gasteiger partial charge in [-0.25, -0.2) is 0 Å². The zero-order valence-electron chi connectivity index (χ0n) is 16.2. The number of hydrogen-bond acceptors (Lipinski definition) is 5. The van der Waals surface area contributed by atoms with Gasteiger partial charge in [0.15, 0.2) is 0 Å². The summed E-state index contributed by atoms with van der Waals surface area (Å²) in [5.41, 5.74) is -3.34. The van der Waals surface area contributed by atoms with Gasteiger partial charge in [-0.05, 0) is 17.7 Å². The zero-order chi connectivity index (χ0) is 22.5. The second kappa shape index (κ2) is 7.11. The van der Waals surface area contributed by atoms with E-state index < -0.39 is 23.7 Å². The van der Waals surface area contributed by atoms with Gasteiger partial charge in [-0.1, -0.05) is 55.5 Å². The molecule has 2 aliphatic rings. The van der Waals surface area contributed by atoms with Crippen LogP contribution in [0.4, 0.5) is 26.3 Å². The first-order valence-electron chi connectivity index (χ1n) is 9.43. The quantitative estimate of drug-likeness (QED) is 0.481. The van der Waals surface area contributed by atoms with Crippen molar-refractivity contribution >= 4 is 0 Å². The summed E-state index contributed by atoms with van der Waals surface area (Å²) in [6.45, 7) is 3.48. The van der Waals surface area contributed by atoms with Crippen molar-refractivity contribution in [3.63, 3.8) is 0 Å². The molecular formula is C20H17F6N5. The Bertz CT molecular complexity index is 915. The molecule has 4 rings (SSSR count). The average molecular weight is 441 g/mol. The Hall–Kier alpha value is -2.82. The van der Waals surface area contributed by atoms with Gasteiger partial charge in [-0.15, -0.1) is 20.5 Å². The van der Waals surface area contributed by atoms with E-state index in [4.69, 9.17) is 0 Å². The minimum Gasteiger partial charge on any atom is -0.295 e. The lowest BCUT2D eigenvalue weighted by molar-refractivity contribution is -0.166. The SMILES string of the molecule is CCN(Cc1ccc(C2(C(F)(F)F)N=N2)cc1)Cc1ccc(C2(C(F)(F)F)N=N2)cc1. The summed E-state index contributed by atoms with van der Waals surface area (Å²) in [4.78, 5) is 2.01. The van der Waals surface area contributed by atoms with Gasteiger partial charge in [0.25, 0.3) is 0 Å². The number of hydrogen-bond donors (Lipinski definition) is 0. The highest BCUT2D eigenvalue weighted by Gasteiger charge is 2.65. The van der Waals surface area contributed by atoms with Gasteiger partial charge >= 0.3 is 23.7 Å². The molecule has 0 saturated carbocycles. The van der Waals surface area contributed by atoms with E-state index in [0.29, 0.717) is 19.6 Å². The third kappa shape index (κ3) is 3.82. The van der Waals surface area contributed by atoms with Crippen LogP contribution in [-0.2, 0) is 24.4 Å². The van der Waals surface area contributed by atoms with E-state index >= 15 is 0 Å². The van der Waals surface area contributed by atoms with Crippen LogP contribution >= 0.6 is 0 Å². The lowest BCUT2D eigenvalue weighted by atomic mass is 10.0. The van der Waals surface area contributed by atoms with Crippen LogP contribution in [0.25, 0.3) is 0 Å². The lowest BCUT2D eigenvalue weighted by Crippen LogP contribution is -2.30. The summed E-state index contributed by atoms with van der Waals surface area (Å²) < 4.78 is 78.5. The summed E-state index contributed by atoms with van der Waals surface area (Å²) in [5.74, 6) is 0. The molecule has 11 heteroatoms. The van der Waals surface area contributed by atoms with Gasteiger partial charge in [0, 0.05) is 24.2 Å². The van der Waals surface area contributed by atoms with Gasteiger partial charge in [-0.2, -0.15) is 26.3 Å². The smallest absolute Gasteiger partial charge is 0.295 e. The van der Waals surface area contributed by atoms with Gasteiger partial charge < -0.3 is 0 Å². The van der Waals surface area contributed by atoms with E-state index in [0.717, 1.165) is 11.1 Å². The standard InChI is InChI=1S/C20H17F6N5/c1-2-31(11-13-3-7-15(8-4-13)17(27-28-17)19(21,22)23)12-14-5-9-16(10-6-14)18(29-30-18)20(24,25)26/h3-10H,2,11-12H2,1H3. The maximum absolute atomic E-state index is 13.1. The normalized spacial score (nSPS) is 18.5. The van der Waals surface area contributed by atoms with Crippen LogP contribution in [-0.4, -0.2) is 23.8 Å². The highest BCUT2D eigenvalue weighted by Crippen LogP contribution is 2.53. The molecule has 0 amide bonds. The molecule has 5 nitrogen and oxygen atoms in total. The molecule has 164 valence electrons. The fourth-order valence-electron chi connectivity index (χ4n) is 3.37. The first kappa shape index (κ1) is 21.4. The van der Waals surface area contributed by atoms with Gasteiger partial charge in [-0.3, -0.25) is 4.90 Å². The molecule has 0 bridgehead atoms. The topological polar surface area (TPSA) is 52.7 Å². The van der Waals surface area contributed by atoms with Crippen molar-refractivity contribution in [3.05, 3.63) is 70.8 Å². The molecule has 31 heavy (non-hydrogen) atoms. The predicted octanol–water partition coefficient (Wildman–Crippen LogP) is 6.07. The highest BCUT2D eigenvalue weighted by atomic mass is 19.4. The fraction of sp³-hybridized carbons (Fsp3) is 0.400. The third-order valence-electron chi connectivity index (χ3n) is 5.36. The molecule has 0 saturated heterocycles. The third-order valence-corrected chi connectivity index (χ3v) is 5.36. The first-order chi connectivity index (χ1) is 14.5. The van der Waals surface area contributed by atoms with E-state index in [9.17, 15) is 26.3 Å². The lowest BCUT2D eigenvalue weighted by Gasteiger charge is -2.22. The average Bonchev–Trinajstić information content (AvgIpc) is 3.60. The van der Waals surface area contributed by atoms with Crippen molar-refractivity contribution in [1.29, 1.82) is 0 Å². The number of halogens is 6. The molecule has 0 unspecified atom stereocenters. The molecule has 2 aromatic rings.